The Kier molecular flexibility index (Phi) is 4.42. The Morgan fingerprint density at radius 2 is 2.25 bits per heavy atom. The number of aryl methyl sites for hydroxylation is 1. The lowest BCUT2D eigenvalue weighted by molar-refractivity contribution is 0.464. The number of nitrogens with two attached hydrogens (primary N) is 1. The molecule has 6 heteroatoms. The standard InChI is InChI=1S/C14H15ClN4O/c1-3-6-17-13-12(16)14(19-8-18-13)20-10-4-5-11(15)9(2)7-10/h3-5,7-8H,1,6,16H2,2H3,(H,17,18,19). The molecule has 20 heavy (non-hydrogen) atoms. The molecule has 1 heterocycles. The lowest BCUT2D eigenvalue weighted by Crippen LogP contribution is -2.06. The van der Waals surface area contributed by atoms with E-state index >= 15 is 0 Å². The molecule has 0 radical (unpaired) electrons. The highest BCUT2D eigenvalue weighted by molar-refractivity contribution is 6.31. The topological polar surface area (TPSA) is 73.1 Å². The van der Waals surface area contributed by atoms with Gasteiger partial charge < -0.3 is 15.8 Å². The van der Waals surface area contributed by atoms with Crippen LogP contribution in [0.2, 0.25) is 5.02 Å². The molecule has 0 amide bonds. The molecule has 0 aliphatic carbocycles. The minimum atomic E-state index is 0.299. The zero-order valence-corrected chi connectivity index (χ0v) is 11.8. The van der Waals surface area contributed by atoms with Gasteiger partial charge in [0.05, 0.1) is 0 Å². The van der Waals surface area contributed by atoms with E-state index < -0.39 is 0 Å². The van der Waals surface area contributed by atoms with Gasteiger partial charge in [0.25, 0.3) is 0 Å². The average molecular weight is 291 g/mol. The normalized spacial score (nSPS) is 10.1. The second-order valence-corrected chi connectivity index (χ2v) is 4.53. The zero-order chi connectivity index (χ0) is 14.5. The first-order valence-electron chi connectivity index (χ1n) is 6.01. The van der Waals surface area contributed by atoms with E-state index in [2.05, 4.69) is 21.9 Å². The molecule has 0 aliphatic rings. The van der Waals surface area contributed by atoms with Crippen molar-refractivity contribution in [1.82, 2.24) is 9.97 Å². The maximum Gasteiger partial charge on any atom is 0.248 e. The van der Waals surface area contributed by atoms with Crippen molar-refractivity contribution in [2.24, 2.45) is 0 Å². The summed E-state index contributed by atoms with van der Waals surface area (Å²) in [6, 6.07) is 5.34. The smallest absolute Gasteiger partial charge is 0.248 e. The third-order valence-corrected chi connectivity index (χ3v) is 3.03. The Labute approximate surface area is 122 Å². The highest BCUT2D eigenvalue weighted by Crippen LogP contribution is 2.30. The van der Waals surface area contributed by atoms with Crippen molar-refractivity contribution in [3.63, 3.8) is 0 Å². The molecule has 0 atom stereocenters. The predicted molar refractivity (Wildman–Crippen MR) is 81.4 cm³/mol. The van der Waals surface area contributed by atoms with Gasteiger partial charge in [-0.3, -0.25) is 0 Å². The molecule has 0 saturated heterocycles. The van der Waals surface area contributed by atoms with Gasteiger partial charge in [0.15, 0.2) is 5.82 Å². The number of nitrogen functional groups attached to an aromatic ring is 1. The number of rotatable bonds is 5. The molecule has 0 saturated carbocycles. The van der Waals surface area contributed by atoms with E-state index in [4.69, 9.17) is 22.1 Å². The van der Waals surface area contributed by atoms with E-state index in [1.165, 1.54) is 6.33 Å². The van der Waals surface area contributed by atoms with Gasteiger partial charge in [-0.2, -0.15) is 4.98 Å². The molecular formula is C14H15ClN4O. The molecule has 0 fully saturated rings. The number of nitrogens with one attached hydrogen (secondary N) is 1. The highest BCUT2D eigenvalue weighted by atomic mass is 35.5. The lowest BCUT2D eigenvalue weighted by atomic mass is 10.2. The minimum absolute atomic E-state index is 0.299. The van der Waals surface area contributed by atoms with Gasteiger partial charge >= 0.3 is 0 Å². The van der Waals surface area contributed by atoms with Crippen molar-refractivity contribution >= 4 is 23.1 Å². The Hall–Kier alpha value is -2.27. The molecule has 3 N–H and O–H groups in total. The molecule has 1 aromatic heterocycles. The third kappa shape index (κ3) is 3.19. The first kappa shape index (κ1) is 14.1. The van der Waals surface area contributed by atoms with Crippen LogP contribution in [0.15, 0.2) is 37.2 Å². The minimum Gasteiger partial charge on any atom is -0.437 e. The van der Waals surface area contributed by atoms with Crippen LogP contribution < -0.4 is 15.8 Å². The van der Waals surface area contributed by atoms with Crippen molar-refractivity contribution in [2.75, 3.05) is 17.6 Å². The number of benzene rings is 1. The molecule has 0 aliphatic heterocycles. The Morgan fingerprint density at radius 3 is 2.95 bits per heavy atom. The molecule has 0 bridgehead atoms. The summed E-state index contributed by atoms with van der Waals surface area (Å²) in [5.74, 6) is 1.43. The number of ether oxygens (including phenoxy) is 1. The van der Waals surface area contributed by atoms with Crippen molar-refractivity contribution in [1.29, 1.82) is 0 Å². The first-order valence-corrected chi connectivity index (χ1v) is 6.39. The lowest BCUT2D eigenvalue weighted by Gasteiger charge is -2.11. The van der Waals surface area contributed by atoms with Crippen LogP contribution in [0.1, 0.15) is 5.56 Å². The SMILES string of the molecule is C=CCNc1ncnc(Oc2ccc(Cl)c(C)c2)c1N. The largest absolute Gasteiger partial charge is 0.437 e. The van der Waals surface area contributed by atoms with Gasteiger partial charge in [0, 0.05) is 11.6 Å². The van der Waals surface area contributed by atoms with Crippen molar-refractivity contribution in [2.45, 2.75) is 6.92 Å². The summed E-state index contributed by atoms with van der Waals surface area (Å²) >= 11 is 5.97. The number of hydrogen-bond donors (Lipinski definition) is 2. The van der Waals surface area contributed by atoms with Gasteiger partial charge in [0.1, 0.15) is 17.8 Å². The van der Waals surface area contributed by atoms with E-state index in [1.54, 1.807) is 18.2 Å². The summed E-state index contributed by atoms with van der Waals surface area (Å²) in [6.07, 6.45) is 3.10. The Bertz CT molecular complexity index is 631. The summed E-state index contributed by atoms with van der Waals surface area (Å²) in [6.45, 7) is 6.08. The molecule has 0 spiro atoms. The van der Waals surface area contributed by atoms with Gasteiger partial charge in [-0.05, 0) is 30.7 Å². The van der Waals surface area contributed by atoms with Crippen LogP contribution in [0.5, 0.6) is 11.6 Å². The second kappa shape index (κ2) is 6.25. The van der Waals surface area contributed by atoms with Crippen molar-refractivity contribution in [3.8, 4) is 11.6 Å². The molecular weight excluding hydrogens is 276 g/mol. The van der Waals surface area contributed by atoms with Crippen molar-refractivity contribution < 1.29 is 4.74 Å². The maximum absolute atomic E-state index is 5.97. The molecule has 2 rings (SSSR count). The van der Waals surface area contributed by atoms with Crippen LogP contribution in [0.25, 0.3) is 0 Å². The van der Waals surface area contributed by atoms with Gasteiger partial charge in [-0.1, -0.05) is 17.7 Å². The summed E-state index contributed by atoms with van der Waals surface area (Å²) in [4.78, 5) is 8.09. The van der Waals surface area contributed by atoms with Gasteiger partial charge in [-0.25, -0.2) is 4.98 Å². The van der Waals surface area contributed by atoms with Gasteiger partial charge in [-0.15, -0.1) is 6.58 Å². The fraction of sp³-hybridized carbons (Fsp3) is 0.143. The van der Waals surface area contributed by atoms with Crippen LogP contribution in [0.3, 0.4) is 0 Å². The molecule has 0 unspecified atom stereocenters. The number of anilines is 2. The Morgan fingerprint density at radius 1 is 1.45 bits per heavy atom. The van der Waals surface area contributed by atoms with Crippen LogP contribution in [-0.4, -0.2) is 16.5 Å². The molecule has 1 aromatic carbocycles. The quantitative estimate of drug-likeness (QED) is 0.826. The third-order valence-electron chi connectivity index (χ3n) is 2.61. The van der Waals surface area contributed by atoms with Crippen LogP contribution in [0.4, 0.5) is 11.5 Å². The summed E-state index contributed by atoms with van der Waals surface area (Å²) in [5, 5.41) is 3.70. The zero-order valence-electron chi connectivity index (χ0n) is 11.1. The molecule has 104 valence electrons. The molecule has 5 nitrogen and oxygen atoms in total. The number of nitrogens with zero attached hydrogens (tertiary/aromatic N) is 2. The van der Waals surface area contributed by atoms with Crippen LogP contribution in [0, 0.1) is 6.92 Å². The number of aromatic nitrogens is 2. The van der Waals surface area contributed by atoms with E-state index in [0.29, 0.717) is 34.7 Å². The maximum atomic E-state index is 5.97. The number of hydrogen-bond acceptors (Lipinski definition) is 5. The summed E-state index contributed by atoms with van der Waals surface area (Å²) in [5.41, 5.74) is 7.23. The second-order valence-electron chi connectivity index (χ2n) is 4.12. The fourth-order valence-corrected chi connectivity index (χ4v) is 1.68. The molecule has 2 aromatic rings. The van der Waals surface area contributed by atoms with E-state index in [1.807, 2.05) is 13.0 Å². The number of halogens is 1. The van der Waals surface area contributed by atoms with E-state index in [9.17, 15) is 0 Å². The average Bonchev–Trinajstić information content (AvgIpc) is 2.44. The predicted octanol–water partition coefficient (Wildman–Crippen LogP) is 3.41. The van der Waals surface area contributed by atoms with Crippen molar-refractivity contribution in [3.05, 3.63) is 47.8 Å². The summed E-state index contributed by atoms with van der Waals surface area (Å²) in [7, 11) is 0. The first-order chi connectivity index (χ1) is 9.61. The van der Waals surface area contributed by atoms with Gasteiger partial charge in [0.2, 0.25) is 5.88 Å². The Balaban J connectivity index is 2.24. The van der Waals surface area contributed by atoms with E-state index in [-0.39, 0.29) is 0 Å². The fourth-order valence-electron chi connectivity index (χ4n) is 1.56. The van der Waals surface area contributed by atoms with Crippen LogP contribution in [-0.2, 0) is 0 Å². The van der Waals surface area contributed by atoms with Crippen LogP contribution >= 0.6 is 11.6 Å². The monoisotopic (exact) mass is 290 g/mol. The van der Waals surface area contributed by atoms with E-state index in [0.717, 1.165) is 5.56 Å². The highest BCUT2D eigenvalue weighted by Gasteiger charge is 2.10. The summed E-state index contributed by atoms with van der Waals surface area (Å²) < 4.78 is 5.67.